The lowest BCUT2D eigenvalue weighted by Crippen LogP contribution is -2.15. The summed E-state index contributed by atoms with van der Waals surface area (Å²) < 4.78 is 0. The fourth-order valence-corrected chi connectivity index (χ4v) is 3.61. The highest BCUT2D eigenvalue weighted by Crippen LogP contribution is 2.28. The van der Waals surface area contributed by atoms with E-state index in [1.54, 1.807) is 0 Å². The number of nitrogens with zero attached hydrogens (tertiary/aromatic N) is 1. The van der Waals surface area contributed by atoms with Gasteiger partial charge in [-0.3, -0.25) is 4.79 Å². The average molecular weight is 360 g/mol. The van der Waals surface area contributed by atoms with Crippen molar-refractivity contribution in [1.29, 1.82) is 0 Å². The van der Waals surface area contributed by atoms with E-state index < -0.39 is 0 Å². The number of aromatic amines is 1. The summed E-state index contributed by atoms with van der Waals surface area (Å²) in [6, 6.07) is 9.88. The van der Waals surface area contributed by atoms with Crippen LogP contribution in [0.3, 0.4) is 0 Å². The van der Waals surface area contributed by atoms with Gasteiger partial charge >= 0.3 is 0 Å². The number of H-pyrrole nitrogens is 1. The van der Waals surface area contributed by atoms with Crippen LogP contribution in [-0.2, 0) is 4.79 Å². The van der Waals surface area contributed by atoms with Crippen molar-refractivity contribution in [3.8, 4) is 0 Å². The van der Waals surface area contributed by atoms with E-state index in [1.165, 1.54) is 17.3 Å². The quantitative estimate of drug-likeness (QED) is 0.653. The molecular weight excluding hydrogens is 342 g/mol. The molecule has 0 aliphatic heterocycles. The van der Waals surface area contributed by atoms with E-state index in [9.17, 15) is 4.79 Å². The van der Waals surface area contributed by atoms with Crippen molar-refractivity contribution in [2.45, 2.75) is 25.9 Å². The first-order chi connectivity index (χ1) is 11.4. The number of benzene rings is 2. The lowest BCUT2D eigenvalue weighted by Gasteiger charge is -2.11. The molecule has 3 rings (SSSR count). The molecule has 0 bridgehead atoms. The molecule has 1 amide bonds. The van der Waals surface area contributed by atoms with E-state index in [-0.39, 0.29) is 11.7 Å². The van der Waals surface area contributed by atoms with Crippen LogP contribution in [0.2, 0.25) is 5.02 Å². The molecule has 0 aliphatic carbocycles. The number of thioether (sulfide) groups is 1. The normalized spacial score (nSPS) is 11.0. The Kier molecular flexibility index (Phi) is 4.83. The Bertz CT molecular complexity index is 897. The molecule has 0 unspecified atom stereocenters. The van der Waals surface area contributed by atoms with Crippen molar-refractivity contribution in [2.24, 2.45) is 0 Å². The smallest absolute Gasteiger partial charge is 0.234 e. The summed E-state index contributed by atoms with van der Waals surface area (Å²) in [4.78, 5) is 19.9. The van der Waals surface area contributed by atoms with Crippen molar-refractivity contribution in [3.63, 3.8) is 0 Å². The van der Waals surface area contributed by atoms with Crippen LogP contribution in [0.25, 0.3) is 11.0 Å². The summed E-state index contributed by atoms with van der Waals surface area (Å²) in [6.07, 6.45) is 0. The van der Waals surface area contributed by atoms with Crippen LogP contribution in [0.1, 0.15) is 16.7 Å². The molecule has 0 atom stereocenters. The number of rotatable bonds is 4. The summed E-state index contributed by atoms with van der Waals surface area (Å²) in [7, 11) is 0. The Balaban J connectivity index is 1.67. The van der Waals surface area contributed by atoms with Gasteiger partial charge in [0.25, 0.3) is 0 Å². The molecule has 0 spiro atoms. The SMILES string of the molecule is Cc1cc(C)c(NC(=O)CSc2nc3ccc(C)cc3[nH]2)c(Cl)c1. The number of aromatic nitrogens is 2. The highest BCUT2D eigenvalue weighted by atomic mass is 35.5. The Morgan fingerprint density at radius 2 is 2.00 bits per heavy atom. The average Bonchev–Trinajstić information content (AvgIpc) is 2.90. The number of fused-ring (bicyclic) bond motifs is 1. The topological polar surface area (TPSA) is 57.8 Å². The summed E-state index contributed by atoms with van der Waals surface area (Å²) >= 11 is 7.60. The molecule has 0 saturated heterocycles. The fraction of sp³-hybridized carbons (Fsp3) is 0.222. The van der Waals surface area contributed by atoms with Gasteiger partial charge in [0, 0.05) is 0 Å². The first kappa shape index (κ1) is 16.9. The lowest BCUT2D eigenvalue weighted by molar-refractivity contribution is -0.113. The van der Waals surface area contributed by atoms with Gasteiger partial charge in [0.05, 0.1) is 27.5 Å². The maximum Gasteiger partial charge on any atom is 0.234 e. The molecular formula is C18H18ClN3OS. The number of carbonyl (C=O) groups excluding carboxylic acids is 1. The van der Waals surface area contributed by atoms with E-state index in [0.717, 1.165) is 27.3 Å². The van der Waals surface area contributed by atoms with Crippen LogP contribution < -0.4 is 5.32 Å². The molecule has 0 radical (unpaired) electrons. The highest BCUT2D eigenvalue weighted by molar-refractivity contribution is 7.99. The van der Waals surface area contributed by atoms with Crippen molar-refractivity contribution >= 4 is 46.0 Å². The van der Waals surface area contributed by atoms with Crippen LogP contribution >= 0.6 is 23.4 Å². The zero-order valence-corrected chi connectivity index (χ0v) is 15.3. The van der Waals surface area contributed by atoms with Crippen molar-refractivity contribution < 1.29 is 4.79 Å². The molecule has 3 aromatic rings. The van der Waals surface area contributed by atoms with Gasteiger partial charge in [-0.25, -0.2) is 4.98 Å². The standard InChI is InChI=1S/C18H18ClN3OS/c1-10-4-5-14-15(8-10)21-18(20-14)24-9-16(23)22-17-12(3)6-11(2)7-13(17)19/h4-8H,9H2,1-3H3,(H,20,21)(H,22,23). The molecule has 0 fully saturated rings. The minimum atomic E-state index is -0.106. The van der Waals surface area contributed by atoms with Crippen molar-refractivity contribution in [1.82, 2.24) is 9.97 Å². The first-order valence-corrected chi connectivity index (χ1v) is 8.94. The first-order valence-electron chi connectivity index (χ1n) is 7.58. The monoisotopic (exact) mass is 359 g/mol. The minimum Gasteiger partial charge on any atom is -0.333 e. The second-order valence-electron chi connectivity index (χ2n) is 5.84. The predicted octanol–water partition coefficient (Wildman–Crippen LogP) is 4.87. The molecule has 24 heavy (non-hydrogen) atoms. The number of aryl methyl sites for hydroxylation is 3. The van der Waals surface area contributed by atoms with Gasteiger partial charge in [-0.15, -0.1) is 0 Å². The maximum absolute atomic E-state index is 12.2. The summed E-state index contributed by atoms with van der Waals surface area (Å²) in [5, 5.41) is 4.18. The van der Waals surface area contributed by atoms with Gasteiger partial charge in [0.2, 0.25) is 5.91 Å². The van der Waals surface area contributed by atoms with E-state index in [0.29, 0.717) is 10.7 Å². The van der Waals surface area contributed by atoms with Crippen LogP contribution in [0.5, 0.6) is 0 Å². The third kappa shape index (κ3) is 3.74. The highest BCUT2D eigenvalue weighted by Gasteiger charge is 2.11. The van der Waals surface area contributed by atoms with Gasteiger partial charge in [0.1, 0.15) is 0 Å². The Morgan fingerprint density at radius 3 is 2.75 bits per heavy atom. The van der Waals surface area contributed by atoms with E-state index in [1.807, 2.05) is 51.1 Å². The number of imidazole rings is 1. The molecule has 1 aromatic heterocycles. The molecule has 0 saturated carbocycles. The second-order valence-corrected chi connectivity index (χ2v) is 7.21. The Morgan fingerprint density at radius 1 is 1.21 bits per heavy atom. The van der Waals surface area contributed by atoms with Crippen LogP contribution in [0.15, 0.2) is 35.5 Å². The number of carbonyl (C=O) groups is 1. The van der Waals surface area contributed by atoms with Crippen LogP contribution in [0, 0.1) is 20.8 Å². The molecule has 124 valence electrons. The maximum atomic E-state index is 12.2. The molecule has 6 heteroatoms. The van der Waals surface area contributed by atoms with Crippen molar-refractivity contribution in [2.75, 3.05) is 11.1 Å². The number of halogens is 1. The molecule has 1 heterocycles. The predicted molar refractivity (Wildman–Crippen MR) is 101 cm³/mol. The Hall–Kier alpha value is -1.98. The van der Waals surface area contributed by atoms with E-state index >= 15 is 0 Å². The van der Waals surface area contributed by atoms with E-state index in [2.05, 4.69) is 15.3 Å². The van der Waals surface area contributed by atoms with Gasteiger partial charge < -0.3 is 10.3 Å². The second kappa shape index (κ2) is 6.87. The third-order valence-corrected chi connectivity index (χ3v) is 4.82. The zero-order chi connectivity index (χ0) is 17.3. The number of amides is 1. The van der Waals surface area contributed by atoms with E-state index in [4.69, 9.17) is 11.6 Å². The molecule has 4 nitrogen and oxygen atoms in total. The summed E-state index contributed by atoms with van der Waals surface area (Å²) in [5.74, 6) is 0.160. The van der Waals surface area contributed by atoms with Gasteiger partial charge in [-0.1, -0.05) is 35.5 Å². The summed E-state index contributed by atoms with van der Waals surface area (Å²) in [5.41, 5.74) is 5.76. The zero-order valence-electron chi connectivity index (χ0n) is 13.7. The molecule has 0 aliphatic rings. The molecule has 2 N–H and O–H groups in total. The molecule has 2 aromatic carbocycles. The lowest BCUT2D eigenvalue weighted by atomic mass is 10.1. The minimum absolute atomic E-state index is 0.106. The number of hydrogen-bond donors (Lipinski definition) is 2. The van der Waals surface area contributed by atoms with Crippen LogP contribution in [0.4, 0.5) is 5.69 Å². The third-order valence-electron chi connectivity index (χ3n) is 3.65. The van der Waals surface area contributed by atoms with Gasteiger partial charge in [-0.2, -0.15) is 0 Å². The number of anilines is 1. The number of hydrogen-bond acceptors (Lipinski definition) is 3. The fourth-order valence-electron chi connectivity index (χ4n) is 2.55. The Labute approximate surface area is 150 Å². The van der Waals surface area contributed by atoms with Gasteiger partial charge in [0.15, 0.2) is 5.16 Å². The van der Waals surface area contributed by atoms with Crippen molar-refractivity contribution in [3.05, 3.63) is 52.0 Å². The number of nitrogens with one attached hydrogen (secondary N) is 2. The van der Waals surface area contributed by atoms with Gasteiger partial charge in [-0.05, 0) is 55.7 Å². The largest absolute Gasteiger partial charge is 0.333 e. The summed E-state index contributed by atoms with van der Waals surface area (Å²) in [6.45, 7) is 5.95. The van der Waals surface area contributed by atoms with Crippen LogP contribution in [-0.4, -0.2) is 21.6 Å².